The van der Waals surface area contributed by atoms with Gasteiger partial charge in [0.05, 0.1) is 0 Å². The van der Waals surface area contributed by atoms with Gasteiger partial charge < -0.3 is 0 Å². The molecule has 0 amide bonds. The molecule has 1 saturated carbocycles. The van der Waals surface area contributed by atoms with Crippen LogP contribution in [0.5, 0.6) is 0 Å². The minimum atomic E-state index is -0.00287. The highest BCUT2D eigenvalue weighted by Gasteiger charge is 2.24. The molecule has 2 aromatic rings. The Hall–Kier alpha value is -1.31. The second-order valence-electron chi connectivity index (χ2n) is 5.20. The average Bonchev–Trinajstić information content (AvgIpc) is 2.35. The lowest BCUT2D eigenvalue weighted by Crippen LogP contribution is -2.14. The SMILES string of the molecule is O=C(c1cc(Cl)cc(Cl)c1)c1ccccc1C1CCC1. The van der Waals surface area contributed by atoms with E-state index in [1.165, 1.54) is 19.3 Å². The molecule has 1 nitrogen and oxygen atoms in total. The number of hydrogen-bond donors (Lipinski definition) is 0. The first-order chi connectivity index (χ1) is 9.65. The van der Waals surface area contributed by atoms with E-state index in [1.54, 1.807) is 18.2 Å². The fourth-order valence-electron chi connectivity index (χ4n) is 2.62. The summed E-state index contributed by atoms with van der Waals surface area (Å²) in [6.07, 6.45) is 3.58. The molecule has 1 fully saturated rings. The number of rotatable bonds is 3. The molecule has 0 aromatic heterocycles. The van der Waals surface area contributed by atoms with Crippen LogP contribution in [0, 0.1) is 0 Å². The first-order valence-corrected chi connectivity index (χ1v) is 7.50. The number of ketones is 1. The summed E-state index contributed by atoms with van der Waals surface area (Å²) in [7, 11) is 0. The van der Waals surface area contributed by atoms with E-state index in [4.69, 9.17) is 23.2 Å². The van der Waals surface area contributed by atoms with Gasteiger partial charge in [-0.1, -0.05) is 53.9 Å². The Kier molecular flexibility index (Phi) is 3.82. The molecular formula is C17H14Cl2O. The summed E-state index contributed by atoms with van der Waals surface area (Å²) in [5, 5.41) is 0.976. The maximum atomic E-state index is 12.7. The lowest BCUT2D eigenvalue weighted by Gasteiger charge is -2.27. The van der Waals surface area contributed by atoms with E-state index in [-0.39, 0.29) is 5.78 Å². The van der Waals surface area contributed by atoms with Gasteiger partial charge in [-0.25, -0.2) is 0 Å². The monoisotopic (exact) mass is 304 g/mol. The van der Waals surface area contributed by atoms with E-state index in [0.717, 1.165) is 11.1 Å². The predicted octanol–water partition coefficient (Wildman–Crippen LogP) is 5.49. The highest BCUT2D eigenvalue weighted by molar-refractivity contribution is 6.35. The zero-order valence-corrected chi connectivity index (χ0v) is 12.4. The van der Waals surface area contributed by atoms with Crippen molar-refractivity contribution in [1.82, 2.24) is 0 Å². The molecule has 0 aliphatic heterocycles. The van der Waals surface area contributed by atoms with Crippen molar-refractivity contribution in [2.45, 2.75) is 25.2 Å². The van der Waals surface area contributed by atoms with E-state index in [9.17, 15) is 4.79 Å². The number of benzene rings is 2. The lowest BCUT2D eigenvalue weighted by atomic mass is 9.77. The van der Waals surface area contributed by atoms with E-state index < -0.39 is 0 Å². The van der Waals surface area contributed by atoms with Crippen molar-refractivity contribution in [1.29, 1.82) is 0 Å². The number of carbonyl (C=O) groups excluding carboxylic acids is 1. The Morgan fingerprint density at radius 2 is 1.65 bits per heavy atom. The van der Waals surface area contributed by atoms with Gasteiger partial charge in [0.1, 0.15) is 0 Å². The third-order valence-electron chi connectivity index (χ3n) is 3.88. The van der Waals surface area contributed by atoms with Gasteiger partial charge >= 0.3 is 0 Å². The maximum Gasteiger partial charge on any atom is 0.193 e. The number of halogens is 2. The molecule has 0 atom stereocenters. The van der Waals surface area contributed by atoms with Crippen LogP contribution in [-0.2, 0) is 0 Å². The Bertz CT molecular complexity index is 640. The van der Waals surface area contributed by atoms with Crippen LogP contribution < -0.4 is 0 Å². The number of hydrogen-bond acceptors (Lipinski definition) is 1. The summed E-state index contributed by atoms with van der Waals surface area (Å²) in [6.45, 7) is 0. The molecule has 20 heavy (non-hydrogen) atoms. The first-order valence-electron chi connectivity index (χ1n) is 6.75. The maximum absolute atomic E-state index is 12.7. The van der Waals surface area contributed by atoms with Crippen molar-refractivity contribution in [3.63, 3.8) is 0 Å². The Morgan fingerprint density at radius 3 is 2.25 bits per heavy atom. The Labute approximate surface area is 128 Å². The van der Waals surface area contributed by atoms with Crippen molar-refractivity contribution < 1.29 is 4.79 Å². The van der Waals surface area contributed by atoms with Gasteiger partial charge in [0.15, 0.2) is 5.78 Å². The molecule has 102 valence electrons. The van der Waals surface area contributed by atoms with Crippen molar-refractivity contribution >= 4 is 29.0 Å². The second kappa shape index (κ2) is 5.59. The van der Waals surface area contributed by atoms with Crippen LogP contribution in [0.3, 0.4) is 0 Å². The van der Waals surface area contributed by atoms with Crippen LogP contribution >= 0.6 is 23.2 Å². The molecule has 1 aliphatic carbocycles. The molecule has 0 spiro atoms. The fraction of sp³-hybridized carbons (Fsp3) is 0.235. The summed E-state index contributed by atoms with van der Waals surface area (Å²) >= 11 is 12.0. The topological polar surface area (TPSA) is 17.1 Å². The summed E-state index contributed by atoms with van der Waals surface area (Å²) in [5.41, 5.74) is 2.48. The van der Waals surface area contributed by atoms with Crippen molar-refractivity contribution in [2.75, 3.05) is 0 Å². The van der Waals surface area contributed by atoms with Gasteiger partial charge in [0.25, 0.3) is 0 Å². The van der Waals surface area contributed by atoms with Crippen molar-refractivity contribution in [3.8, 4) is 0 Å². The largest absolute Gasteiger partial charge is 0.289 e. The zero-order chi connectivity index (χ0) is 14.1. The highest BCUT2D eigenvalue weighted by atomic mass is 35.5. The third-order valence-corrected chi connectivity index (χ3v) is 4.31. The molecule has 1 aliphatic rings. The van der Waals surface area contributed by atoms with Gasteiger partial charge in [0.2, 0.25) is 0 Å². The standard InChI is InChI=1S/C17H14Cl2O/c18-13-8-12(9-14(19)10-13)17(20)16-7-2-1-6-15(16)11-4-3-5-11/h1-2,6-11H,3-5H2. The van der Waals surface area contributed by atoms with Gasteiger partial charge in [0, 0.05) is 21.2 Å². The summed E-state index contributed by atoms with van der Waals surface area (Å²) in [4.78, 5) is 12.7. The molecule has 0 N–H and O–H groups in total. The van der Waals surface area contributed by atoms with E-state index in [1.807, 2.05) is 18.2 Å². The predicted molar refractivity (Wildman–Crippen MR) is 82.9 cm³/mol. The third kappa shape index (κ3) is 2.61. The lowest BCUT2D eigenvalue weighted by molar-refractivity contribution is 0.103. The highest BCUT2D eigenvalue weighted by Crippen LogP contribution is 2.38. The van der Waals surface area contributed by atoms with Crippen molar-refractivity contribution in [3.05, 3.63) is 69.2 Å². The molecule has 3 rings (SSSR count). The van der Waals surface area contributed by atoms with Crippen LogP contribution in [0.4, 0.5) is 0 Å². The van der Waals surface area contributed by atoms with Gasteiger partial charge in [-0.2, -0.15) is 0 Å². The quantitative estimate of drug-likeness (QED) is 0.685. The molecule has 0 saturated heterocycles. The van der Waals surface area contributed by atoms with Crippen LogP contribution in [0.1, 0.15) is 46.7 Å². The first kappa shape index (κ1) is 13.7. The Morgan fingerprint density at radius 1 is 1.00 bits per heavy atom. The minimum absolute atomic E-state index is 0.00287. The van der Waals surface area contributed by atoms with Crippen molar-refractivity contribution in [2.24, 2.45) is 0 Å². The number of carbonyl (C=O) groups is 1. The molecule has 0 radical (unpaired) electrons. The Balaban J connectivity index is 2.01. The summed E-state index contributed by atoms with van der Waals surface area (Å²) in [6, 6.07) is 12.8. The zero-order valence-electron chi connectivity index (χ0n) is 10.9. The van der Waals surface area contributed by atoms with Gasteiger partial charge in [-0.15, -0.1) is 0 Å². The molecular weight excluding hydrogens is 291 g/mol. The van der Waals surface area contributed by atoms with E-state index in [2.05, 4.69) is 6.07 Å². The van der Waals surface area contributed by atoms with Gasteiger partial charge in [-0.05, 0) is 42.5 Å². The normalized spacial score (nSPS) is 14.9. The van der Waals surface area contributed by atoms with Gasteiger partial charge in [-0.3, -0.25) is 4.79 Å². The fourth-order valence-corrected chi connectivity index (χ4v) is 3.15. The molecule has 0 bridgehead atoms. The van der Waals surface area contributed by atoms with Crippen LogP contribution in [0.25, 0.3) is 0 Å². The van der Waals surface area contributed by atoms with E-state index in [0.29, 0.717) is 21.5 Å². The summed E-state index contributed by atoms with van der Waals surface area (Å²) in [5.74, 6) is 0.515. The van der Waals surface area contributed by atoms with Crippen LogP contribution in [0.15, 0.2) is 42.5 Å². The van der Waals surface area contributed by atoms with Crippen LogP contribution in [0.2, 0.25) is 10.0 Å². The van der Waals surface area contributed by atoms with Crippen LogP contribution in [-0.4, -0.2) is 5.78 Å². The molecule has 0 unspecified atom stereocenters. The van der Waals surface area contributed by atoms with E-state index >= 15 is 0 Å². The molecule has 3 heteroatoms. The molecule has 0 heterocycles. The summed E-state index contributed by atoms with van der Waals surface area (Å²) < 4.78 is 0. The second-order valence-corrected chi connectivity index (χ2v) is 6.08. The minimum Gasteiger partial charge on any atom is -0.289 e. The molecule has 2 aromatic carbocycles. The smallest absolute Gasteiger partial charge is 0.193 e. The average molecular weight is 305 g/mol.